The van der Waals surface area contributed by atoms with Crippen LogP contribution in [0.25, 0.3) is 0 Å². The van der Waals surface area contributed by atoms with Crippen molar-refractivity contribution in [1.82, 2.24) is 14.8 Å². The van der Waals surface area contributed by atoms with Gasteiger partial charge in [0.05, 0.1) is 12.2 Å². The minimum absolute atomic E-state index is 0.286. The van der Waals surface area contributed by atoms with Crippen LogP contribution < -0.4 is 0 Å². The lowest BCUT2D eigenvalue weighted by molar-refractivity contribution is 0.0479. The summed E-state index contributed by atoms with van der Waals surface area (Å²) in [5.41, 5.74) is 0.516. The van der Waals surface area contributed by atoms with Gasteiger partial charge in [0.25, 0.3) is 0 Å². The SMILES string of the molecule is CN1CCN(CCCOC(=O)c2cccnc2)CC1. The monoisotopic (exact) mass is 263 g/mol. The Balaban J connectivity index is 1.61. The van der Waals surface area contributed by atoms with Crippen molar-refractivity contribution in [2.24, 2.45) is 0 Å². The molecule has 0 unspecified atom stereocenters. The van der Waals surface area contributed by atoms with E-state index in [2.05, 4.69) is 21.8 Å². The van der Waals surface area contributed by atoms with Gasteiger partial charge in [0, 0.05) is 45.1 Å². The first-order valence-corrected chi connectivity index (χ1v) is 6.74. The molecule has 0 aliphatic carbocycles. The summed E-state index contributed by atoms with van der Waals surface area (Å²) in [7, 11) is 2.15. The van der Waals surface area contributed by atoms with Crippen molar-refractivity contribution in [3.63, 3.8) is 0 Å². The van der Waals surface area contributed by atoms with Gasteiger partial charge in [0.1, 0.15) is 0 Å². The summed E-state index contributed by atoms with van der Waals surface area (Å²) >= 11 is 0. The lowest BCUT2D eigenvalue weighted by atomic mass is 10.3. The van der Waals surface area contributed by atoms with Gasteiger partial charge in [-0.25, -0.2) is 4.79 Å². The highest BCUT2D eigenvalue weighted by atomic mass is 16.5. The second-order valence-corrected chi connectivity index (χ2v) is 4.88. The summed E-state index contributed by atoms with van der Waals surface area (Å²) in [6.45, 7) is 5.92. The zero-order valence-corrected chi connectivity index (χ0v) is 11.4. The molecule has 2 heterocycles. The average Bonchev–Trinajstić information content (AvgIpc) is 2.46. The number of hydrogen-bond acceptors (Lipinski definition) is 5. The van der Waals surface area contributed by atoms with Crippen molar-refractivity contribution in [3.8, 4) is 0 Å². The van der Waals surface area contributed by atoms with E-state index in [4.69, 9.17) is 4.74 Å². The first kappa shape index (κ1) is 14.0. The number of aromatic nitrogens is 1. The third-order valence-electron chi connectivity index (χ3n) is 3.34. The summed E-state index contributed by atoms with van der Waals surface area (Å²) in [4.78, 5) is 20.3. The standard InChI is InChI=1S/C14H21N3O2/c1-16-7-9-17(10-8-16)6-3-11-19-14(18)13-4-2-5-15-12-13/h2,4-5,12H,3,6-11H2,1H3. The molecule has 0 atom stereocenters. The maximum atomic E-state index is 11.7. The maximum absolute atomic E-state index is 11.7. The summed E-state index contributed by atoms with van der Waals surface area (Å²) in [5.74, 6) is -0.286. The molecule has 1 aromatic heterocycles. The van der Waals surface area contributed by atoms with Crippen LogP contribution in [0.2, 0.25) is 0 Å². The molecule has 1 fully saturated rings. The fourth-order valence-corrected chi connectivity index (χ4v) is 2.09. The van der Waals surface area contributed by atoms with Crippen molar-refractivity contribution in [2.75, 3.05) is 46.4 Å². The number of nitrogens with zero attached hydrogens (tertiary/aromatic N) is 3. The van der Waals surface area contributed by atoms with Gasteiger partial charge in [0.15, 0.2) is 0 Å². The summed E-state index contributed by atoms with van der Waals surface area (Å²) < 4.78 is 5.22. The lowest BCUT2D eigenvalue weighted by Crippen LogP contribution is -2.44. The molecule has 19 heavy (non-hydrogen) atoms. The highest BCUT2D eigenvalue weighted by Crippen LogP contribution is 2.02. The molecule has 1 aliphatic rings. The van der Waals surface area contributed by atoms with Crippen molar-refractivity contribution in [3.05, 3.63) is 30.1 Å². The van der Waals surface area contributed by atoms with Crippen LogP contribution in [0.3, 0.4) is 0 Å². The fraction of sp³-hybridized carbons (Fsp3) is 0.571. The van der Waals surface area contributed by atoms with E-state index in [1.807, 2.05) is 0 Å². The summed E-state index contributed by atoms with van der Waals surface area (Å²) in [6, 6.07) is 3.45. The van der Waals surface area contributed by atoms with E-state index in [-0.39, 0.29) is 5.97 Å². The van der Waals surface area contributed by atoms with Gasteiger partial charge in [-0.3, -0.25) is 4.98 Å². The molecule has 2 rings (SSSR count). The van der Waals surface area contributed by atoms with Gasteiger partial charge < -0.3 is 14.5 Å². The van der Waals surface area contributed by atoms with Crippen molar-refractivity contribution < 1.29 is 9.53 Å². The lowest BCUT2D eigenvalue weighted by Gasteiger charge is -2.32. The number of pyridine rings is 1. The van der Waals surface area contributed by atoms with Crippen LogP contribution in [-0.2, 0) is 4.74 Å². The van der Waals surface area contributed by atoms with Gasteiger partial charge in [0.2, 0.25) is 0 Å². The van der Waals surface area contributed by atoms with E-state index in [0.29, 0.717) is 12.2 Å². The molecule has 0 spiro atoms. The van der Waals surface area contributed by atoms with E-state index < -0.39 is 0 Å². The van der Waals surface area contributed by atoms with Crippen LogP contribution in [0.1, 0.15) is 16.8 Å². The molecule has 0 saturated carbocycles. The molecule has 0 amide bonds. The van der Waals surface area contributed by atoms with E-state index in [9.17, 15) is 4.79 Å². The summed E-state index contributed by atoms with van der Waals surface area (Å²) in [5, 5.41) is 0. The normalized spacial score (nSPS) is 17.3. The van der Waals surface area contributed by atoms with Gasteiger partial charge in [-0.05, 0) is 25.6 Å². The zero-order valence-electron chi connectivity index (χ0n) is 11.4. The predicted molar refractivity (Wildman–Crippen MR) is 73.1 cm³/mol. The summed E-state index contributed by atoms with van der Waals surface area (Å²) in [6.07, 6.45) is 4.06. The predicted octanol–water partition coefficient (Wildman–Crippen LogP) is 0.876. The highest BCUT2D eigenvalue weighted by Gasteiger charge is 2.13. The molecule has 0 bridgehead atoms. The Labute approximate surface area is 114 Å². The maximum Gasteiger partial charge on any atom is 0.339 e. The van der Waals surface area contributed by atoms with Crippen LogP contribution >= 0.6 is 0 Å². The number of esters is 1. The Kier molecular flexibility index (Phi) is 5.30. The van der Waals surface area contributed by atoms with Crippen molar-refractivity contribution >= 4 is 5.97 Å². The molecule has 0 aromatic carbocycles. The Morgan fingerprint density at radius 3 is 2.84 bits per heavy atom. The van der Waals surface area contributed by atoms with Crippen LogP contribution in [-0.4, -0.2) is 67.1 Å². The number of carbonyl (C=O) groups is 1. The molecule has 0 radical (unpaired) electrons. The van der Waals surface area contributed by atoms with Gasteiger partial charge >= 0.3 is 5.97 Å². The molecule has 1 saturated heterocycles. The molecule has 1 aromatic rings. The first-order chi connectivity index (χ1) is 9.25. The Morgan fingerprint density at radius 1 is 1.37 bits per heavy atom. The van der Waals surface area contributed by atoms with E-state index in [0.717, 1.165) is 39.1 Å². The molecule has 5 heteroatoms. The second kappa shape index (κ2) is 7.21. The third-order valence-corrected chi connectivity index (χ3v) is 3.34. The number of piperazine rings is 1. The van der Waals surface area contributed by atoms with Crippen LogP contribution in [0.5, 0.6) is 0 Å². The van der Waals surface area contributed by atoms with E-state index in [1.54, 1.807) is 18.3 Å². The van der Waals surface area contributed by atoms with Crippen LogP contribution in [0.15, 0.2) is 24.5 Å². The molecule has 1 aliphatic heterocycles. The average molecular weight is 263 g/mol. The number of hydrogen-bond donors (Lipinski definition) is 0. The molecule has 0 N–H and O–H groups in total. The number of likely N-dealkylation sites (N-methyl/N-ethyl adjacent to an activating group) is 1. The largest absolute Gasteiger partial charge is 0.462 e. The molecule has 104 valence electrons. The minimum Gasteiger partial charge on any atom is -0.462 e. The molecule has 5 nitrogen and oxygen atoms in total. The van der Waals surface area contributed by atoms with Crippen LogP contribution in [0, 0.1) is 0 Å². The van der Waals surface area contributed by atoms with Gasteiger partial charge in [-0.1, -0.05) is 0 Å². The molecular formula is C14H21N3O2. The first-order valence-electron chi connectivity index (χ1n) is 6.74. The second-order valence-electron chi connectivity index (χ2n) is 4.88. The quantitative estimate of drug-likeness (QED) is 0.583. The number of ether oxygens (including phenoxy) is 1. The topological polar surface area (TPSA) is 45.7 Å². The van der Waals surface area contributed by atoms with Crippen LogP contribution in [0.4, 0.5) is 0 Å². The Morgan fingerprint density at radius 2 is 2.16 bits per heavy atom. The van der Waals surface area contributed by atoms with Crippen molar-refractivity contribution in [1.29, 1.82) is 0 Å². The zero-order chi connectivity index (χ0) is 13.5. The van der Waals surface area contributed by atoms with Gasteiger partial charge in [-0.2, -0.15) is 0 Å². The number of carbonyl (C=O) groups excluding carboxylic acids is 1. The van der Waals surface area contributed by atoms with Gasteiger partial charge in [-0.15, -0.1) is 0 Å². The minimum atomic E-state index is -0.286. The Bertz CT molecular complexity index is 389. The van der Waals surface area contributed by atoms with Crippen molar-refractivity contribution in [2.45, 2.75) is 6.42 Å². The highest BCUT2D eigenvalue weighted by molar-refractivity contribution is 5.88. The third kappa shape index (κ3) is 4.61. The van der Waals surface area contributed by atoms with E-state index >= 15 is 0 Å². The number of rotatable bonds is 5. The Hall–Kier alpha value is -1.46. The smallest absolute Gasteiger partial charge is 0.339 e. The fourth-order valence-electron chi connectivity index (χ4n) is 2.09. The molecular weight excluding hydrogens is 242 g/mol. The van der Waals surface area contributed by atoms with E-state index in [1.165, 1.54) is 6.20 Å².